The first kappa shape index (κ1) is 15.5. The van der Waals surface area contributed by atoms with Crippen LogP contribution < -0.4 is 10.1 Å². The molecule has 112 valence electrons. The third kappa shape index (κ3) is 4.05. The fourth-order valence-electron chi connectivity index (χ4n) is 2.17. The van der Waals surface area contributed by atoms with Crippen LogP contribution in [0.3, 0.4) is 0 Å². The summed E-state index contributed by atoms with van der Waals surface area (Å²) in [5, 5.41) is 3.38. The number of nitrogens with zero attached hydrogens (tertiary/aromatic N) is 1. The summed E-state index contributed by atoms with van der Waals surface area (Å²) < 4.78 is 5.97. The summed E-state index contributed by atoms with van der Waals surface area (Å²) in [6, 6.07) is 8.22. The van der Waals surface area contributed by atoms with Crippen molar-refractivity contribution in [2.75, 3.05) is 6.54 Å². The standard InChI is InChI=1S/C18H24N2O/c1-5-9-19-11-16-10-14(3)18(20-12-16)21-17-8-6-7-13(2)15(17)4/h6-8,10,12,19H,5,9,11H2,1-4H3. The summed E-state index contributed by atoms with van der Waals surface area (Å²) >= 11 is 0. The third-order valence-electron chi connectivity index (χ3n) is 3.60. The lowest BCUT2D eigenvalue weighted by Gasteiger charge is -2.12. The second-order valence-electron chi connectivity index (χ2n) is 5.44. The van der Waals surface area contributed by atoms with Gasteiger partial charge in [-0.2, -0.15) is 0 Å². The number of benzene rings is 1. The van der Waals surface area contributed by atoms with Crippen LogP contribution in [0.15, 0.2) is 30.5 Å². The lowest BCUT2D eigenvalue weighted by molar-refractivity contribution is 0.454. The Balaban J connectivity index is 2.12. The van der Waals surface area contributed by atoms with Gasteiger partial charge < -0.3 is 10.1 Å². The number of hydrogen-bond donors (Lipinski definition) is 1. The van der Waals surface area contributed by atoms with E-state index in [1.807, 2.05) is 25.3 Å². The van der Waals surface area contributed by atoms with E-state index in [0.717, 1.165) is 36.4 Å². The van der Waals surface area contributed by atoms with Crippen molar-refractivity contribution in [2.24, 2.45) is 0 Å². The Morgan fingerprint density at radius 3 is 2.67 bits per heavy atom. The Morgan fingerprint density at radius 1 is 1.14 bits per heavy atom. The van der Waals surface area contributed by atoms with E-state index >= 15 is 0 Å². The zero-order chi connectivity index (χ0) is 15.2. The smallest absolute Gasteiger partial charge is 0.222 e. The number of ether oxygens (including phenoxy) is 1. The Hall–Kier alpha value is -1.87. The molecule has 0 saturated carbocycles. The van der Waals surface area contributed by atoms with E-state index in [-0.39, 0.29) is 0 Å². The van der Waals surface area contributed by atoms with Crippen molar-refractivity contribution in [3.05, 3.63) is 52.7 Å². The minimum Gasteiger partial charge on any atom is -0.438 e. The minimum atomic E-state index is 0.683. The van der Waals surface area contributed by atoms with Gasteiger partial charge in [-0.25, -0.2) is 4.98 Å². The summed E-state index contributed by atoms with van der Waals surface area (Å²) in [4.78, 5) is 4.46. The molecule has 0 aliphatic rings. The highest BCUT2D eigenvalue weighted by Crippen LogP contribution is 2.27. The molecule has 0 aliphatic heterocycles. The summed E-state index contributed by atoms with van der Waals surface area (Å²) in [7, 11) is 0. The highest BCUT2D eigenvalue weighted by atomic mass is 16.5. The van der Waals surface area contributed by atoms with Crippen molar-refractivity contribution in [1.29, 1.82) is 0 Å². The average Bonchev–Trinajstić information content (AvgIpc) is 2.47. The predicted molar refractivity (Wildman–Crippen MR) is 87.0 cm³/mol. The summed E-state index contributed by atoms with van der Waals surface area (Å²) in [5.41, 5.74) is 4.64. The maximum atomic E-state index is 5.97. The van der Waals surface area contributed by atoms with Gasteiger partial charge in [-0.1, -0.05) is 19.1 Å². The van der Waals surface area contributed by atoms with E-state index in [2.05, 4.69) is 43.2 Å². The minimum absolute atomic E-state index is 0.683. The Labute approximate surface area is 127 Å². The Kier molecular flexibility index (Phi) is 5.34. The topological polar surface area (TPSA) is 34.2 Å². The van der Waals surface area contributed by atoms with Crippen LogP contribution in [0.4, 0.5) is 0 Å². The van der Waals surface area contributed by atoms with Crippen molar-refractivity contribution in [3.63, 3.8) is 0 Å². The molecule has 21 heavy (non-hydrogen) atoms. The van der Waals surface area contributed by atoms with Gasteiger partial charge in [-0.15, -0.1) is 0 Å². The lowest BCUT2D eigenvalue weighted by atomic mass is 10.1. The van der Waals surface area contributed by atoms with Crippen LogP contribution >= 0.6 is 0 Å². The molecule has 1 aromatic heterocycles. The van der Waals surface area contributed by atoms with E-state index < -0.39 is 0 Å². The van der Waals surface area contributed by atoms with Gasteiger partial charge in [0.05, 0.1) is 0 Å². The molecule has 2 rings (SSSR count). The summed E-state index contributed by atoms with van der Waals surface area (Å²) in [5.74, 6) is 1.56. The normalized spacial score (nSPS) is 10.7. The first-order chi connectivity index (χ1) is 10.1. The predicted octanol–water partition coefficient (Wildman–Crippen LogP) is 4.30. The number of aryl methyl sites for hydroxylation is 2. The fourth-order valence-corrected chi connectivity index (χ4v) is 2.17. The highest BCUT2D eigenvalue weighted by molar-refractivity contribution is 5.41. The number of rotatable bonds is 6. The van der Waals surface area contributed by atoms with Crippen molar-refractivity contribution in [2.45, 2.75) is 40.7 Å². The molecule has 0 atom stereocenters. The third-order valence-corrected chi connectivity index (χ3v) is 3.60. The van der Waals surface area contributed by atoms with Gasteiger partial charge in [0.2, 0.25) is 5.88 Å². The highest BCUT2D eigenvalue weighted by Gasteiger charge is 2.07. The largest absolute Gasteiger partial charge is 0.438 e. The summed E-state index contributed by atoms with van der Waals surface area (Å²) in [6.45, 7) is 10.2. The molecule has 0 aliphatic carbocycles. The zero-order valence-corrected chi connectivity index (χ0v) is 13.4. The van der Waals surface area contributed by atoms with Crippen LogP contribution in [0, 0.1) is 20.8 Å². The number of pyridine rings is 1. The van der Waals surface area contributed by atoms with Crippen molar-refractivity contribution >= 4 is 0 Å². The molecule has 0 radical (unpaired) electrons. The molecule has 0 fully saturated rings. The second kappa shape index (κ2) is 7.23. The molecule has 2 aromatic rings. The molecule has 0 bridgehead atoms. The van der Waals surface area contributed by atoms with Crippen molar-refractivity contribution < 1.29 is 4.74 Å². The molecule has 0 unspecified atom stereocenters. The van der Waals surface area contributed by atoms with Gasteiger partial charge in [0.25, 0.3) is 0 Å². The first-order valence-electron chi connectivity index (χ1n) is 7.52. The molecular weight excluding hydrogens is 260 g/mol. The van der Waals surface area contributed by atoms with E-state index in [4.69, 9.17) is 4.74 Å². The Morgan fingerprint density at radius 2 is 1.95 bits per heavy atom. The lowest BCUT2D eigenvalue weighted by Crippen LogP contribution is -2.14. The molecule has 0 saturated heterocycles. The number of aromatic nitrogens is 1. The number of nitrogens with one attached hydrogen (secondary N) is 1. The molecule has 1 heterocycles. The summed E-state index contributed by atoms with van der Waals surface area (Å²) in [6.07, 6.45) is 3.02. The van der Waals surface area contributed by atoms with Gasteiger partial charge in [-0.05, 0) is 62.6 Å². The molecule has 1 aromatic carbocycles. The molecule has 0 spiro atoms. The van der Waals surface area contributed by atoms with Gasteiger partial charge >= 0.3 is 0 Å². The maximum Gasteiger partial charge on any atom is 0.222 e. The average molecular weight is 284 g/mol. The van der Waals surface area contributed by atoms with Crippen LogP contribution in [-0.4, -0.2) is 11.5 Å². The molecular formula is C18H24N2O. The van der Waals surface area contributed by atoms with Crippen LogP contribution in [0.5, 0.6) is 11.6 Å². The molecule has 0 amide bonds. The van der Waals surface area contributed by atoms with Gasteiger partial charge in [-0.3, -0.25) is 0 Å². The van der Waals surface area contributed by atoms with Crippen LogP contribution in [0.1, 0.15) is 35.6 Å². The Bertz CT molecular complexity index is 608. The van der Waals surface area contributed by atoms with Gasteiger partial charge in [0.15, 0.2) is 0 Å². The van der Waals surface area contributed by atoms with Crippen molar-refractivity contribution in [3.8, 4) is 11.6 Å². The van der Waals surface area contributed by atoms with Crippen LogP contribution in [0.25, 0.3) is 0 Å². The fraction of sp³-hybridized carbons (Fsp3) is 0.389. The van der Waals surface area contributed by atoms with E-state index in [0.29, 0.717) is 5.88 Å². The van der Waals surface area contributed by atoms with Crippen LogP contribution in [0.2, 0.25) is 0 Å². The maximum absolute atomic E-state index is 5.97. The van der Waals surface area contributed by atoms with E-state index in [1.54, 1.807) is 0 Å². The molecule has 3 nitrogen and oxygen atoms in total. The second-order valence-corrected chi connectivity index (χ2v) is 5.44. The quantitative estimate of drug-likeness (QED) is 0.803. The van der Waals surface area contributed by atoms with Gasteiger partial charge in [0.1, 0.15) is 5.75 Å². The molecule has 1 N–H and O–H groups in total. The monoisotopic (exact) mass is 284 g/mol. The van der Waals surface area contributed by atoms with E-state index in [9.17, 15) is 0 Å². The first-order valence-corrected chi connectivity index (χ1v) is 7.52. The SMILES string of the molecule is CCCNCc1cnc(Oc2cccc(C)c2C)c(C)c1. The molecule has 3 heteroatoms. The number of hydrogen-bond acceptors (Lipinski definition) is 3. The van der Waals surface area contributed by atoms with E-state index in [1.165, 1.54) is 11.1 Å². The van der Waals surface area contributed by atoms with Crippen molar-refractivity contribution in [1.82, 2.24) is 10.3 Å². The zero-order valence-electron chi connectivity index (χ0n) is 13.4. The van der Waals surface area contributed by atoms with Crippen LogP contribution in [-0.2, 0) is 6.54 Å². The van der Waals surface area contributed by atoms with Gasteiger partial charge in [0, 0.05) is 18.3 Å².